The van der Waals surface area contributed by atoms with Crippen molar-refractivity contribution in [3.05, 3.63) is 29.3 Å². The minimum Gasteiger partial charge on any atom is -0.207 e. The average molecular weight is 381 g/mol. The van der Waals surface area contributed by atoms with Gasteiger partial charge in [-0.05, 0) is 24.3 Å². The Labute approximate surface area is 122 Å². The zero-order valence-electron chi connectivity index (χ0n) is 9.49. The topological polar surface area (TPSA) is 37.4 Å². The monoisotopic (exact) mass is 379 g/mol. The number of sulfonamides is 1. The standard InChI is InChI=1S/C10H10BrClF3NO2S/c11-5-6-16(7-10(13,14)15)19(17,18)9-3-1-8(12)2-4-9/h1-4H,5-7H2. The molecule has 1 aromatic rings. The van der Waals surface area contributed by atoms with Gasteiger partial charge in [0.25, 0.3) is 0 Å². The van der Waals surface area contributed by atoms with Crippen LogP contribution in [0.25, 0.3) is 0 Å². The molecule has 0 spiro atoms. The lowest BCUT2D eigenvalue weighted by Gasteiger charge is -2.22. The molecule has 108 valence electrons. The number of rotatable bonds is 5. The quantitative estimate of drug-likeness (QED) is 0.735. The van der Waals surface area contributed by atoms with E-state index < -0.39 is 22.7 Å². The maximum Gasteiger partial charge on any atom is 0.402 e. The van der Waals surface area contributed by atoms with Crippen LogP contribution >= 0.6 is 27.5 Å². The minimum absolute atomic E-state index is 0.107. The van der Waals surface area contributed by atoms with Crippen LogP contribution in [0.3, 0.4) is 0 Å². The molecule has 1 rings (SSSR count). The first-order valence-electron chi connectivity index (χ1n) is 5.05. The van der Waals surface area contributed by atoms with E-state index >= 15 is 0 Å². The van der Waals surface area contributed by atoms with Crippen molar-refractivity contribution in [1.82, 2.24) is 4.31 Å². The molecular formula is C10H10BrClF3NO2S. The van der Waals surface area contributed by atoms with Crippen molar-refractivity contribution in [3.8, 4) is 0 Å². The van der Waals surface area contributed by atoms with E-state index in [4.69, 9.17) is 11.6 Å². The Hall–Kier alpha value is -0.310. The van der Waals surface area contributed by atoms with E-state index in [2.05, 4.69) is 15.9 Å². The van der Waals surface area contributed by atoms with Crippen LogP contribution in [0, 0.1) is 0 Å². The van der Waals surface area contributed by atoms with Gasteiger partial charge in [-0.15, -0.1) is 0 Å². The highest BCUT2D eigenvalue weighted by Gasteiger charge is 2.36. The summed E-state index contributed by atoms with van der Waals surface area (Å²) in [6, 6.07) is 4.98. The van der Waals surface area contributed by atoms with Gasteiger partial charge in [0.2, 0.25) is 10.0 Å². The van der Waals surface area contributed by atoms with Crippen molar-refractivity contribution in [2.75, 3.05) is 18.4 Å². The zero-order valence-corrected chi connectivity index (χ0v) is 12.7. The summed E-state index contributed by atoms with van der Waals surface area (Å²) in [7, 11) is -4.19. The second-order valence-corrected chi connectivity index (χ2v) is 6.76. The summed E-state index contributed by atoms with van der Waals surface area (Å²) in [5.41, 5.74) is 0. The summed E-state index contributed by atoms with van der Waals surface area (Å²) in [5, 5.41) is 0.414. The van der Waals surface area contributed by atoms with Gasteiger partial charge in [0.1, 0.15) is 6.54 Å². The van der Waals surface area contributed by atoms with Crippen LogP contribution in [-0.2, 0) is 10.0 Å². The Morgan fingerprint density at radius 2 is 1.74 bits per heavy atom. The van der Waals surface area contributed by atoms with Crippen molar-refractivity contribution in [1.29, 1.82) is 0 Å². The van der Waals surface area contributed by atoms with E-state index in [0.717, 1.165) is 0 Å². The van der Waals surface area contributed by atoms with Crippen molar-refractivity contribution in [2.24, 2.45) is 0 Å². The van der Waals surface area contributed by atoms with Gasteiger partial charge in [-0.25, -0.2) is 8.42 Å². The number of alkyl halides is 4. The Balaban J connectivity index is 3.09. The molecular weight excluding hydrogens is 371 g/mol. The third kappa shape index (κ3) is 4.94. The van der Waals surface area contributed by atoms with Crippen LogP contribution in [0.4, 0.5) is 13.2 Å². The first-order chi connectivity index (χ1) is 8.66. The molecule has 0 heterocycles. The Kier molecular flexibility index (Phi) is 5.66. The second-order valence-electron chi connectivity index (χ2n) is 3.60. The van der Waals surface area contributed by atoms with E-state index in [-0.39, 0.29) is 16.8 Å². The lowest BCUT2D eigenvalue weighted by Crippen LogP contribution is -2.40. The summed E-state index contributed by atoms with van der Waals surface area (Å²) in [6.45, 7) is -1.80. The van der Waals surface area contributed by atoms with Gasteiger partial charge in [0, 0.05) is 16.9 Å². The molecule has 0 saturated heterocycles. The number of hydrogen-bond donors (Lipinski definition) is 0. The van der Waals surface area contributed by atoms with Gasteiger partial charge in [0.15, 0.2) is 0 Å². The smallest absolute Gasteiger partial charge is 0.207 e. The molecule has 0 aliphatic heterocycles. The van der Waals surface area contributed by atoms with Gasteiger partial charge in [-0.1, -0.05) is 27.5 Å². The summed E-state index contributed by atoms with van der Waals surface area (Å²) in [6.07, 6.45) is -4.60. The predicted octanol–water partition coefficient (Wildman–Crippen LogP) is 3.29. The van der Waals surface area contributed by atoms with Gasteiger partial charge >= 0.3 is 6.18 Å². The average Bonchev–Trinajstić information content (AvgIpc) is 2.27. The van der Waals surface area contributed by atoms with E-state index in [9.17, 15) is 21.6 Å². The molecule has 0 aliphatic rings. The molecule has 1 aromatic carbocycles. The van der Waals surface area contributed by atoms with E-state index in [1.165, 1.54) is 24.3 Å². The van der Waals surface area contributed by atoms with Crippen LogP contribution in [0.2, 0.25) is 5.02 Å². The van der Waals surface area contributed by atoms with Crippen molar-refractivity contribution in [2.45, 2.75) is 11.1 Å². The first kappa shape index (κ1) is 16.7. The van der Waals surface area contributed by atoms with E-state index in [1.54, 1.807) is 0 Å². The molecule has 0 amide bonds. The largest absolute Gasteiger partial charge is 0.402 e. The fourth-order valence-corrected chi connectivity index (χ4v) is 3.55. The Morgan fingerprint density at radius 3 is 2.16 bits per heavy atom. The molecule has 0 bridgehead atoms. The molecule has 9 heteroatoms. The van der Waals surface area contributed by atoms with Crippen LogP contribution in [0.15, 0.2) is 29.2 Å². The van der Waals surface area contributed by atoms with Crippen LogP contribution in [0.5, 0.6) is 0 Å². The Bertz CT molecular complexity index is 519. The van der Waals surface area contributed by atoms with Crippen LogP contribution in [-0.4, -0.2) is 37.3 Å². The Morgan fingerprint density at radius 1 is 1.21 bits per heavy atom. The minimum atomic E-state index is -4.60. The van der Waals surface area contributed by atoms with Crippen molar-refractivity contribution < 1.29 is 21.6 Å². The van der Waals surface area contributed by atoms with Gasteiger partial charge < -0.3 is 0 Å². The molecule has 3 nitrogen and oxygen atoms in total. The molecule has 0 aliphatic carbocycles. The number of hydrogen-bond acceptors (Lipinski definition) is 2. The fraction of sp³-hybridized carbons (Fsp3) is 0.400. The fourth-order valence-electron chi connectivity index (χ4n) is 1.33. The first-order valence-corrected chi connectivity index (χ1v) is 7.99. The zero-order chi connectivity index (χ0) is 14.7. The predicted molar refractivity (Wildman–Crippen MR) is 70.1 cm³/mol. The summed E-state index contributed by atoms with van der Waals surface area (Å²) >= 11 is 8.55. The normalized spacial score (nSPS) is 12.9. The van der Waals surface area contributed by atoms with Crippen molar-refractivity contribution >= 4 is 37.6 Å². The van der Waals surface area contributed by atoms with Gasteiger partial charge in [-0.2, -0.15) is 17.5 Å². The summed E-state index contributed by atoms with van der Waals surface area (Å²) < 4.78 is 61.7. The maximum atomic E-state index is 12.4. The third-order valence-corrected chi connectivity index (χ3v) is 4.61. The molecule has 0 saturated carbocycles. The molecule has 0 radical (unpaired) electrons. The van der Waals surface area contributed by atoms with E-state index in [1.807, 2.05) is 0 Å². The molecule has 0 N–H and O–H groups in total. The number of nitrogens with zero attached hydrogens (tertiary/aromatic N) is 1. The highest BCUT2D eigenvalue weighted by atomic mass is 79.9. The number of halogens is 5. The third-order valence-electron chi connectivity index (χ3n) is 2.14. The number of benzene rings is 1. The lowest BCUT2D eigenvalue weighted by molar-refractivity contribution is -0.135. The highest BCUT2D eigenvalue weighted by Crippen LogP contribution is 2.23. The molecule has 19 heavy (non-hydrogen) atoms. The summed E-state index contributed by atoms with van der Waals surface area (Å²) in [5.74, 6) is 0. The molecule has 0 unspecified atom stereocenters. The summed E-state index contributed by atoms with van der Waals surface area (Å²) in [4.78, 5) is -0.220. The lowest BCUT2D eigenvalue weighted by atomic mass is 10.4. The SMILES string of the molecule is O=S(=O)(c1ccc(Cl)cc1)N(CCBr)CC(F)(F)F. The maximum absolute atomic E-state index is 12.4. The van der Waals surface area contributed by atoms with Crippen LogP contribution in [0.1, 0.15) is 0 Å². The highest BCUT2D eigenvalue weighted by molar-refractivity contribution is 9.09. The van der Waals surface area contributed by atoms with Gasteiger partial charge in [-0.3, -0.25) is 0 Å². The van der Waals surface area contributed by atoms with Gasteiger partial charge in [0.05, 0.1) is 4.90 Å². The molecule has 0 aromatic heterocycles. The van der Waals surface area contributed by atoms with Crippen molar-refractivity contribution in [3.63, 3.8) is 0 Å². The molecule has 0 atom stereocenters. The van der Waals surface area contributed by atoms with Crippen LogP contribution < -0.4 is 0 Å². The van der Waals surface area contributed by atoms with E-state index in [0.29, 0.717) is 9.33 Å². The molecule has 0 fully saturated rings. The second kappa shape index (κ2) is 6.43.